The summed E-state index contributed by atoms with van der Waals surface area (Å²) < 4.78 is 0. The van der Waals surface area contributed by atoms with Crippen LogP contribution in [0.3, 0.4) is 0 Å². The number of nitrogens with zero attached hydrogens (tertiary/aromatic N) is 3. The molecule has 0 aliphatic carbocycles. The minimum absolute atomic E-state index is 0.0202. The Labute approximate surface area is 164 Å². The normalized spacial score (nSPS) is 10.6. The zero-order valence-electron chi connectivity index (χ0n) is 15.1. The molecule has 0 atom stereocenters. The van der Waals surface area contributed by atoms with Gasteiger partial charge in [0.15, 0.2) is 0 Å². The minimum atomic E-state index is -0.0202. The van der Waals surface area contributed by atoms with Crippen LogP contribution in [0.1, 0.15) is 42.6 Å². The SMILES string of the molecule is CCCN(CCC)C(=O)c1cnc(NCCc2ccc(Cl)cc2Cl)nc1. The van der Waals surface area contributed by atoms with E-state index >= 15 is 0 Å². The largest absolute Gasteiger partial charge is 0.354 e. The third kappa shape index (κ3) is 5.85. The van der Waals surface area contributed by atoms with Gasteiger partial charge >= 0.3 is 0 Å². The standard InChI is InChI=1S/C19H24Cl2N4O/c1-3-9-25(10-4-2)18(26)15-12-23-19(24-13-15)22-8-7-14-5-6-16(20)11-17(14)21/h5-6,11-13H,3-4,7-10H2,1-2H3,(H,22,23,24). The zero-order valence-corrected chi connectivity index (χ0v) is 16.6. The van der Waals surface area contributed by atoms with Crippen molar-refractivity contribution in [1.82, 2.24) is 14.9 Å². The highest BCUT2D eigenvalue weighted by atomic mass is 35.5. The molecule has 2 aromatic rings. The highest BCUT2D eigenvalue weighted by Gasteiger charge is 2.15. The molecule has 1 aromatic heterocycles. The highest BCUT2D eigenvalue weighted by molar-refractivity contribution is 6.35. The summed E-state index contributed by atoms with van der Waals surface area (Å²) in [4.78, 5) is 22.8. The van der Waals surface area contributed by atoms with Crippen LogP contribution >= 0.6 is 23.2 Å². The van der Waals surface area contributed by atoms with E-state index in [2.05, 4.69) is 29.1 Å². The molecule has 1 N–H and O–H groups in total. The molecule has 1 amide bonds. The molecule has 5 nitrogen and oxygen atoms in total. The van der Waals surface area contributed by atoms with Crippen LogP contribution in [-0.4, -0.2) is 40.4 Å². The van der Waals surface area contributed by atoms with Crippen molar-refractivity contribution in [1.29, 1.82) is 0 Å². The number of nitrogens with one attached hydrogen (secondary N) is 1. The van der Waals surface area contributed by atoms with E-state index in [1.807, 2.05) is 17.0 Å². The average molecular weight is 395 g/mol. The fourth-order valence-electron chi connectivity index (χ4n) is 2.60. The molecule has 2 rings (SSSR count). The van der Waals surface area contributed by atoms with E-state index < -0.39 is 0 Å². The van der Waals surface area contributed by atoms with Crippen molar-refractivity contribution in [3.63, 3.8) is 0 Å². The first kappa shape index (κ1) is 20.5. The summed E-state index contributed by atoms with van der Waals surface area (Å²) in [7, 11) is 0. The average Bonchev–Trinajstić information content (AvgIpc) is 2.63. The van der Waals surface area contributed by atoms with Crippen molar-refractivity contribution in [3.8, 4) is 0 Å². The van der Waals surface area contributed by atoms with E-state index in [9.17, 15) is 4.79 Å². The number of anilines is 1. The second kappa shape index (κ2) is 10.3. The number of benzene rings is 1. The van der Waals surface area contributed by atoms with E-state index in [1.165, 1.54) is 0 Å². The fourth-order valence-corrected chi connectivity index (χ4v) is 3.10. The molecule has 140 valence electrons. The van der Waals surface area contributed by atoms with Crippen LogP contribution < -0.4 is 5.32 Å². The van der Waals surface area contributed by atoms with Gasteiger partial charge in [-0.1, -0.05) is 43.1 Å². The van der Waals surface area contributed by atoms with Gasteiger partial charge in [0.25, 0.3) is 5.91 Å². The van der Waals surface area contributed by atoms with Crippen LogP contribution in [0.4, 0.5) is 5.95 Å². The lowest BCUT2D eigenvalue weighted by Crippen LogP contribution is -2.32. The summed E-state index contributed by atoms with van der Waals surface area (Å²) in [6.07, 6.45) is 5.73. The van der Waals surface area contributed by atoms with Gasteiger partial charge < -0.3 is 10.2 Å². The number of halogens is 2. The van der Waals surface area contributed by atoms with E-state index in [1.54, 1.807) is 18.5 Å². The topological polar surface area (TPSA) is 58.1 Å². The predicted octanol–water partition coefficient (Wildman–Crippen LogP) is 4.70. The van der Waals surface area contributed by atoms with Crippen LogP contribution in [0.15, 0.2) is 30.6 Å². The Bertz CT molecular complexity index is 716. The smallest absolute Gasteiger partial charge is 0.256 e. The van der Waals surface area contributed by atoms with Gasteiger partial charge in [-0.05, 0) is 37.0 Å². The van der Waals surface area contributed by atoms with Crippen molar-refractivity contribution >= 4 is 35.1 Å². The minimum Gasteiger partial charge on any atom is -0.354 e. The number of rotatable bonds is 9. The van der Waals surface area contributed by atoms with Crippen molar-refractivity contribution < 1.29 is 4.79 Å². The van der Waals surface area contributed by atoms with Crippen molar-refractivity contribution in [3.05, 3.63) is 51.8 Å². The van der Waals surface area contributed by atoms with Crippen LogP contribution in [-0.2, 0) is 6.42 Å². The lowest BCUT2D eigenvalue weighted by atomic mass is 10.1. The van der Waals surface area contributed by atoms with Crippen molar-refractivity contribution in [2.45, 2.75) is 33.1 Å². The van der Waals surface area contributed by atoms with Gasteiger partial charge in [-0.15, -0.1) is 0 Å². The molecule has 0 spiro atoms. The number of hydrogen-bond acceptors (Lipinski definition) is 4. The Kier molecular flexibility index (Phi) is 8.13. The van der Waals surface area contributed by atoms with Crippen LogP contribution in [0.2, 0.25) is 10.0 Å². The van der Waals surface area contributed by atoms with E-state index in [4.69, 9.17) is 23.2 Å². The van der Waals surface area contributed by atoms with Gasteiger partial charge in [-0.3, -0.25) is 4.79 Å². The second-order valence-corrected chi connectivity index (χ2v) is 6.84. The van der Waals surface area contributed by atoms with E-state index in [0.29, 0.717) is 28.1 Å². The van der Waals surface area contributed by atoms with Gasteiger partial charge in [0.2, 0.25) is 5.95 Å². The van der Waals surface area contributed by atoms with Gasteiger partial charge in [0, 0.05) is 42.1 Å². The fraction of sp³-hybridized carbons (Fsp3) is 0.421. The molecule has 0 radical (unpaired) electrons. The molecule has 0 saturated heterocycles. The number of carbonyl (C=O) groups excluding carboxylic acids is 1. The molecule has 0 aliphatic heterocycles. The summed E-state index contributed by atoms with van der Waals surface area (Å²) in [5.41, 5.74) is 1.52. The molecule has 0 fully saturated rings. The Morgan fingerprint density at radius 1 is 1.12 bits per heavy atom. The summed E-state index contributed by atoms with van der Waals surface area (Å²) in [5.74, 6) is 0.470. The number of amides is 1. The Morgan fingerprint density at radius 2 is 1.77 bits per heavy atom. The Balaban J connectivity index is 1.91. The highest BCUT2D eigenvalue weighted by Crippen LogP contribution is 2.21. The van der Waals surface area contributed by atoms with Gasteiger partial charge in [-0.2, -0.15) is 0 Å². The molecule has 1 heterocycles. The first-order valence-corrected chi connectivity index (χ1v) is 9.59. The molecule has 0 bridgehead atoms. The van der Waals surface area contributed by atoms with Gasteiger partial charge in [-0.25, -0.2) is 9.97 Å². The monoisotopic (exact) mass is 394 g/mol. The number of carbonyl (C=O) groups is 1. The Hall–Kier alpha value is -1.85. The molecule has 26 heavy (non-hydrogen) atoms. The molecule has 0 aliphatic rings. The molecule has 1 aromatic carbocycles. The first-order chi connectivity index (χ1) is 12.5. The molecule has 7 heteroatoms. The maximum absolute atomic E-state index is 12.5. The van der Waals surface area contributed by atoms with E-state index in [0.717, 1.165) is 37.9 Å². The van der Waals surface area contributed by atoms with Gasteiger partial charge in [0.1, 0.15) is 0 Å². The third-order valence-electron chi connectivity index (χ3n) is 3.87. The number of hydrogen-bond donors (Lipinski definition) is 1. The van der Waals surface area contributed by atoms with E-state index in [-0.39, 0.29) is 5.91 Å². The van der Waals surface area contributed by atoms with Crippen molar-refractivity contribution in [2.75, 3.05) is 25.0 Å². The summed E-state index contributed by atoms with van der Waals surface area (Å²) in [6.45, 7) is 6.24. The summed E-state index contributed by atoms with van der Waals surface area (Å²) in [6, 6.07) is 5.46. The molecular formula is C19H24Cl2N4O. The first-order valence-electron chi connectivity index (χ1n) is 8.84. The molecule has 0 saturated carbocycles. The Morgan fingerprint density at radius 3 is 2.35 bits per heavy atom. The molecule has 0 unspecified atom stereocenters. The van der Waals surface area contributed by atoms with Crippen molar-refractivity contribution in [2.24, 2.45) is 0 Å². The lowest BCUT2D eigenvalue weighted by Gasteiger charge is -2.21. The quantitative estimate of drug-likeness (QED) is 0.669. The summed E-state index contributed by atoms with van der Waals surface area (Å²) in [5, 5.41) is 4.41. The van der Waals surface area contributed by atoms with Crippen LogP contribution in [0, 0.1) is 0 Å². The lowest BCUT2D eigenvalue weighted by molar-refractivity contribution is 0.0754. The number of aromatic nitrogens is 2. The zero-order chi connectivity index (χ0) is 18.9. The van der Waals surface area contributed by atoms with Gasteiger partial charge in [0.05, 0.1) is 5.56 Å². The second-order valence-electron chi connectivity index (χ2n) is 6.00. The molecular weight excluding hydrogens is 371 g/mol. The van der Waals surface area contributed by atoms with Crippen LogP contribution in [0.25, 0.3) is 0 Å². The van der Waals surface area contributed by atoms with Crippen LogP contribution in [0.5, 0.6) is 0 Å². The maximum atomic E-state index is 12.5. The summed E-state index contributed by atoms with van der Waals surface area (Å²) >= 11 is 12.1. The third-order valence-corrected chi connectivity index (χ3v) is 4.45. The predicted molar refractivity (Wildman–Crippen MR) is 107 cm³/mol. The maximum Gasteiger partial charge on any atom is 0.256 e.